The molecule has 6 nitrogen and oxygen atoms in total. The Hall–Kier alpha value is -2.70. The molecule has 1 fully saturated rings. The maximum atomic E-state index is 12.9. The van der Waals surface area contributed by atoms with Crippen LogP contribution in [-0.2, 0) is 14.4 Å². The van der Waals surface area contributed by atoms with Crippen molar-refractivity contribution in [3.8, 4) is 0 Å². The fourth-order valence-electron chi connectivity index (χ4n) is 3.00. The highest BCUT2D eigenvalue weighted by Crippen LogP contribution is 2.38. The summed E-state index contributed by atoms with van der Waals surface area (Å²) in [6.45, 7) is 0. The van der Waals surface area contributed by atoms with Gasteiger partial charge in [-0.3, -0.25) is 14.4 Å². The number of halogens is 2. The van der Waals surface area contributed by atoms with Crippen molar-refractivity contribution in [2.45, 2.75) is 6.10 Å². The van der Waals surface area contributed by atoms with E-state index in [0.717, 1.165) is 4.90 Å². The molecule has 130 valence electrons. The number of nitrogens with zero attached hydrogens (tertiary/aromatic N) is 2. The minimum atomic E-state index is -1.18. The summed E-state index contributed by atoms with van der Waals surface area (Å²) in [5.41, 5.74) is 0.411. The van der Waals surface area contributed by atoms with Crippen molar-refractivity contribution < 1.29 is 19.2 Å². The highest BCUT2D eigenvalue weighted by Gasteiger charge is 2.57. The van der Waals surface area contributed by atoms with Crippen LogP contribution in [0.4, 0.5) is 5.69 Å². The molecule has 0 aromatic heterocycles. The summed E-state index contributed by atoms with van der Waals surface area (Å²) in [5.74, 6) is -2.82. The summed E-state index contributed by atoms with van der Waals surface area (Å²) in [5, 5.41) is 4.21. The van der Waals surface area contributed by atoms with Crippen molar-refractivity contribution >= 4 is 52.2 Å². The Morgan fingerprint density at radius 1 is 1.04 bits per heavy atom. The molecule has 2 aromatic rings. The quantitative estimate of drug-likeness (QED) is 0.597. The smallest absolute Gasteiger partial charge is 0.279 e. The Kier molecular flexibility index (Phi) is 4.01. The van der Waals surface area contributed by atoms with Gasteiger partial charge in [-0.05, 0) is 18.2 Å². The van der Waals surface area contributed by atoms with E-state index in [-0.39, 0.29) is 16.4 Å². The molecule has 0 bridgehead atoms. The highest BCUT2D eigenvalue weighted by atomic mass is 35.5. The molecule has 0 radical (unpaired) electrons. The fourth-order valence-corrected chi connectivity index (χ4v) is 3.37. The molecular formula is C18H10Cl2N2O4. The molecule has 8 heteroatoms. The lowest BCUT2D eigenvalue weighted by Crippen LogP contribution is -2.34. The Morgan fingerprint density at radius 3 is 2.50 bits per heavy atom. The van der Waals surface area contributed by atoms with Crippen LogP contribution in [0.25, 0.3) is 0 Å². The number of benzene rings is 2. The third-order valence-corrected chi connectivity index (χ3v) is 4.78. The molecule has 2 aliphatic rings. The van der Waals surface area contributed by atoms with E-state index in [9.17, 15) is 14.4 Å². The van der Waals surface area contributed by atoms with Crippen molar-refractivity contribution in [3.05, 3.63) is 64.1 Å². The fraction of sp³-hybridized carbons (Fsp3) is 0.111. The SMILES string of the molecule is O=C(C1=NO[C@@H]2C(=O)N(c3cc(Cl)ccc3Cl)C(=O)[C@@H]12)c1ccccc1. The van der Waals surface area contributed by atoms with Gasteiger partial charge in [-0.15, -0.1) is 0 Å². The number of imide groups is 1. The Balaban J connectivity index is 1.70. The summed E-state index contributed by atoms with van der Waals surface area (Å²) >= 11 is 12.1. The van der Waals surface area contributed by atoms with E-state index < -0.39 is 29.6 Å². The van der Waals surface area contributed by atoms with E-state index in [4.69, 9.17) is 28.0 Å². The number of carbonyl (C=O) groups excluding carboxylic acids is 3. The molecule has 2 heterocycles. The van der Waals surface area contributed by atoms with Crippen LogP contribution in [0.2, 0.25) is 10.0 Å². The maximum Gasteiger partial charge on any atom is 0.279 e. The second-order valence-corrected chi connectivity index (χ2v) is 6.63. The second kappa shape index (κ2) is 6.23. The molecule has 0 spiro atoms. The van der Waals surface area contributed by atoms with Gasteiger partial charge in [-0.2, -0.15) is 0 Å². The normalized spacial score (nSPS) is 21.5. The minimum absolute atomic E-state index is 0.0970. The molecule has 0 aliphatic carbocycles. The Bertz CT molecular complexity index is 974. The van der Waals surface area contributed by atoms with Gasteiger partial charge in [-0.25, -0.2) is 4.90 Å². The number of ketones is 1. The zero-order chi connectivity index (χ0) is 18.4. The van der Waals surface area contributed by atoms with Gasteiger partial charge < -0.3 is 4.84 Å². The average molecular weight is 389 g/mol. The first-order chi connectivity index (χ1) is 12.5. The summed E-state index contributed by atoms with van der Waals surface area (Å²) in [6, 6.07) is 12.8. The summed E-state index contributed by atoms with van der Waals surface area (Å²) in [7, 11) is 0. The standard InChI is InChI=1S/C18H10Cl2N2O4/c19-10-6-7-11(20)12(8-10)22-17(24)13-14(21-26-16(13)18(22)25)15(23)9-4-2-1-3-5-9/h1-8,13,16H/t13-,16-/m0/s1. The van der Waals surface area contributed by atoms with Gasteiger partial charge in [0.15, 0.2) is 0 Å². The van der Waals surface area contributed by atoms with Crippen molar-refractivity contribution in [2.75, 3.05) is 4.90 Å². The molecule has 26 heavy (non-hydrogen) atoms. The molecule has 2 atom stereocenters. The van der Waals surface area contributed by atoms with Gasteiger partial charge in [0.2, 0.25) is 17.8 Å². The number of hydrogen-bond donors (Lipinski definition) is 0. The highest BCUT2D eigenvalue weighted by molar-refractivity contribution is 6.52. The zero-order valence-electron chi connectivity index (χ0n) is 13.1. The monoisotopic (exact) mass is 388 g/mol. The van der Waals surface area contributed by atoms with E-state index in [1.54, 1.807) is 36.4 Å². The van der Waals surface area contributed by atoms with Crippen LogP contribution in [0.3, 0.4) is 0 Å². The summed E-state index contributed by atoms with van der Waals surface area (Å²) < 4.78 is 0. The van der Waals surface area contributed by atoms with Gasteiger partial charge in [-0.1, -0.05) is 58.7 Å². The van der Waals surface area contributed by atoms with Gasteiger partial charge in [0, 0.05) is 10.6 Å². The minimum Gasteiger partial charge on any atom is -0.381 e. The number of rotatable bonds is 3. The summed E-state index contributed by atoms with van der Waals surface area (Å²) in [4.78, 5) is 44.2. The van der Waals surface area contributed by atoms with E-state index >= 15 is 0 Å². The van der Waals surface area contributed by atoms with E-state index in [1.807, 2.05) is 0 Å². The molecule has 0 saturated carbocycles. The first-order valence-corrected chi connectivity index (χ1v) is 8.41. The van der Waals surface area contributed by atoms with Gasteiger partial charge in [0.1, 0.15) is 11.6 Å². The number of anilines is 1. The van der Waals surface area contributed by atoms with Crippen molar-refractivity contribution in [3.63, 3.8) is 0 Å². The van der Waals surface area contributed by atoms with Gasteiger partial charge >= 0.3 is 0 Å². The number of carbonyl (C=O) groups is 3. The first kappa shape index (κ1) is 16.8. The van der Waals surface area contributed by atoms with Crippen LogP contribution in [0, 0.1) is 5.92 Å². The number of Topliss-reactive ketones (excluding diaryl/α,β-unsaturated/α-hetero) is 1. The number of amides is 2. The van der Waals surface area contributed by atoms with Crippen molar-refractivity contribution in [2.24, 2.45) is 11.1 Å². The van der Waals surface area contributed by atoms with Crippen LogP contribution in [0.5, 0.6) is 0 Å². The molecule has 1 saturated heterocycles. The lowest BCUT2D eigenvalue weighted by Gasteiger charge is -2.17. The largest absolute Gasteiger partial charge is 0.381 e. The van der Waals surface area contributed by atoms with Crippen molar-refractivity contribution in [1.29, 1.82) is 0 Å². The zero-order valence-corrected chi connectivity index (χ0v) is 14.6. The third kappa shape index (κ3) is 2.50. The van der Waals surface area contributed by atoms with Crippen LogP contribution >= 0.6 is 23.2 Å². The molecule has 0 N–H and O–H groups in total. The van der Waals surface area contributed by atoms with Crippen LogP contribution in [-0.4, -0.2) is 29.4 Å². The predicted molar refractivity (Wildman–Crippen MR) is 95.5 cm³/mol. The molecular weight excluding hydrogens is 379 g/mol. The first-order valence-electron chi connectivity index (χ1n) is 7.65. The Morgan fingerprint density at radius 2 is 1.77 bits per heavy atom. The second-order valence-electron chi connectivity index (χ2n) is 5.78. The van der Waals surface area contributed by atoms with Gasteiger partial charge in [0.05, 0.1) is 10.7 Å². The average Bonchev–Trinajstić information content (AvgIpc) is 3.18. The van der Waals surface area contributed by atoms with E-state index in [2.05, 4.69) is 5.16 Å². The summed E-state index contributed by atoms with van der Waals surface area (Å²) in [6.07, 6.45) is -1.18. The lowest BCUT2D eigenvalue weighted by molar-refractivity contribution is -0.126. The maximum absolute atomic E-state index is 12.9. The molecule has 2 aromatic carbocycles. The molecule has 4 rings (SSSR count). The molecule has 2 amide bonds. The van der Waals surface area contributed by atoms with E-state index in [1.165, 1.54) is 12.1 Å². The van der Waals surface area contributed by atoms with E-state index in [0.29, 0.717) is 10.6 Å². The number of fused-ring (bicyclic) bond motifs is 1. The van der Waals surface area contributed by atoms with Crippen LogP contribution in [0.15, 0.2) is 53.7 Å². The topological polar surface area (TPSA) is 76.0 Å². The Labute approximate surface area is 157 Å². The van der Waals surface area contributed by atoms with Crippen molar-refractivity contribution in [1.82, 2.24) is 0 Å². The lowest BCUT2D eigenvalue weighted by atomic mass is 9.93. The number of oxime groups is 1. The molecule has 0 unspecified atom stereocenters. The third-order valence-electron chi connectivity index (χ3n) is 4.23. The van der Waals surface area contributed by atoms with Gasteiger partial charge in [0.25, 0.3) is 5.91 Å². The number of hydrogen-bond acceptors (Lipinski definition) is 5. The van der Waals surface area contributed by atoms with Crippen LogP contribution < -0.4 is 4.90 Å². The predicted octanol–water partition coefficient (Wildman–Crippen LogP) is 3.12. The molecule has 2 aliphatic heterocycles. The van der Waals surface area contributed by atoms with Crippen LogP contribution in [0.1, 0.15) is 10.4 Å².